The van der Waals surface area contributed by atoms with E-state index in [0.717, 1.165) is 24.1 Å². The van der Waals surface area contributed by atoms with Gasteiger partial charge in [-0.3, -0.25) is 4.79 Å². The first-order chi connectivity index (χ1) is 9.29. The second-order valence-electron chi connectivity index (χ2n) is 5.71. The van der Waals surface area contributed by atoms with E-state index in [-0.39, 0.29) is 17.7 Å². The van der Waals surface area contributed by atoms with Crippen molar-refractivity contribution in [2.24, 2.45) is 11.8 Å². The summed E-state index contributed by atoms with van der Waals surface area (Å²) < 4.78 is 37.4. The van der Waals surface area contributed by atoms with Crippen LogP contribution >= 0.6 is 0 Å². The van der Waals surface area contributed by atoms with Gasteiger partial charge in [0.15, 0.2) is 0 Å². The number of hydrogen-bond donors (Lipinski definition) is 1. The third-order valence-electron chi connectivity index (χ3n) is 3.48. The number of benzene rings is 1. The van der Waals surface area contributed by atoms with Crippen LogP contribution in [0, 0.1) is 11.8 Å². The predicted molar refractivity (Wildman–Crippen MR) is 70.1 cm³/mol. The van der Waals surface area contributed by atoms with E-state index in [9.17, 15) is 18.0 Å². The lowest BCUT2D eigenvalue weighted by molar-refractivity contribution is -0.137. The molecular formula is C15H18F3NO. The number of amides is 1. The van der Waals surface area contributed by atoms with E-state index in [1.165, 1.54) is 12.1 Å². The molecule has 1 N–H and O–H groups in total. The zero-order valence-electron chi connectivity index (χ0n) is 11.5. The number of rotatable bonds is 4. The number of alkyl halides is 3. The fourth-order valence-electron chi connectivity index (χ4n) is 2.21. The number of carbonyl (C=O) groups excluding carboxylic acids is 1. The van der Waals surface area contributed by atoms with Crippen molar-refractivity contribution in [3.63, 3.8) is 0 Å². The molecule has 110 valence electrons. The summed E-state index contributed by atoms with van der Waals surface area (Å²) in [5, 5.41) is 2.86. The zero-order valence-corrected chi connectivity index (χ0v) is 11.5. The normalized spacial score (nSPS) is 21.9. The summed E-state index contributed by atoms with van der Waals surface area (Å²) in [6.07, 6.45) is -3.59. The van der Waals surface area contributed by atoms with Gasteiger partial charge >= 0.3 is 6.18 Å². The molecule has 2 unspecified atom stereocenters. The van der Waals surface area contributed by atoms with Gasteiger partial charge in [-0.2, -0.15) is 13.2 Å². The van der Waals surface area contributed by atoms with Crippen LogP contribution in [0.15, 0.2) is 24.3 Å². The van der Waals surface area contributed by atoms with E-state index in [1.54, 1.807) is 0 Å². The molecule has 20 heavy (non-hydrogen) atoms. The molecule has 0 bridgehead atoms. The Morgan fingerprint density at radius 3 is 2.40 bits per heavy atom. The highest BCUT2D eigenvalue weighted by Crippen LogP contribution is 2.47. The fourth-order valence-corrected chi connectivity index (χ4v) is 2.21. The smallest absolute Gasteiger partial charge is 0.356 e. The highest BCUT2D eigenvalue weighted by molar-refractivity contribution is 5.82. The van der Waals surface area contributed by atoms with Crippen molar-refractivity contribution in [2.45, 2.75) is 32.4 Å². The fraction of sp³-hybridized carbons (Fsp3) is 0.533. The van der Waals surface area contributed by atoms with Gasteiger partial charge in [0.25, 0.3) is 0 Å². The molecule has 2 atom stereocenters. The maximum Gasteiger partial charge on any atom is 0.416 e. The van der Waals surface area contributed by atoms with E-state index in [1.807, 2.05) is 13.8 Å². The predicted octanol–water partition coefficient (Wildman–Crippen LogP) is 3.58. The van der Waals surface area contributed by atoms with Gasteiger partial charge in [0.2, 0.25) is 5.91 Å². The molecule has 2 rings (SSSR count). The molecule has 1 aliphatic carbocycles. The van der Waals surface area contributed by atoms with Crippen LogP contribution < -0.4 is 5.32 Å². The minimum atomic E-state index is -4.31. The number of hydrogen-bond acceptors (Lipinski definition) is 1. The Balaban J connectivity index is 1.93. The molecule has 0 spiro atoms. The van der Waals surface area contributed by atoms with E-state index < -0.39 is 11.7 Å². The molecular weight excluding hydrogens is 267 g/mol. The van der Waals surface area contributed by atoms with Crippen molar-refractivity contribution in [1.29, 1.82) is 0 Å². The van der Waals surface area contributed by atoms with Gasteiger partial charge in [-0.15, -0.1) is 0 Å². The quantitative estimate of drug-likeness (QED) is 0.900. The minimum absolute atomic E-state index is 0.00333. The molecule has 1 saturated carbocycles. The van der Waals surface area contributed by atoms with Gasteiger partial charge in [-0.1, -0.05) is 26.0 Å². The Bertz CT molecular complexity index is 479. The molecule has 2 nitrogen and oxygen atoms in total. The maximum absolute atomic E-state index is 12.5. The second kappa shape index (κ2) is 5.46. The summed E-state index contributed by atoms with van der Waals surface area (Å²) in [5.74, 6) is 0.362. The van der Waals surface area contributed by atoms with E-state index in [0.29, 0.717) is 12.5 Å². The molecule has 0 aromatic heterocycles. The third kappa shape index (κ3) is 3.52. The zero-order chi connectivity index (χ0) is 14.9. The Labute approximate surface area is 116 Å². The van der Waals surface area contributed by atoms with Crippen LogP contribution in [0.2, 0.25) is 0 Å². The maximum atomic E-state index is 12.5. The first kappa shape index (κ1) is 14.9. The van der Waals surface area contributed by atoms with Crippen molar-refractivity contribution in [3.8, 4) is 0 Å². The highest BCUT2D eigenvalue weighted by Gasteiger charge is 2.44. The summed E-state index contributed by atoms with van der Waals surface area (Å²) in [5.41, 5.74) is 0.158. The summed E-state index contributed by atoms with van der Waals surface area (Å²) in [6, 6.07) is 5.11. The van der Waals surface area contributed by atoms with Crippen LogP contribution in [0.3, 0.4) is 0 Å². The molecule has 1 aromatic carbocycles. The summed E-state index contributed by atoms with van der Waals surface area (Å²) in [7, 11) is 0. The molecule has 0 saturated heterocycles. The standard InChI is InChI=1S/C15H18F3NO/c1-9(2)8-19-14(20)13-7-12(13)10-3-5-11(6-4-10)15(16,17)18/h3-6,9,12-13H,7-8H2,1-2H3,(H,19,20). The summed E-state index contributed by atoms with van der Waals surface area (Å²) in [6.45, 7) is 4.66. The lowest BCUT2D eigenvalue weighted by Gasteiger charge is -2.08. The van der Waals surface area contributed by atoms with Crippen LogP contribution in [0.25, 0.3) is 0 Å². The third-order valence-corrected chi connectivity index (χ3v) is 3.48. The molecule has 0 aliphatic heterocycles. The lowest BCUT2D eigenvalue weighted by Crippen LogP contribution is -2.29. The highest BCUT2D eigenvalue weighted by atomic mass is 19.4. The molecule has 0 radical (unpaired) electrons. The first-order valence-corrected chi connectivity index (χ1v) is 6.74. The topological polar surface area (TPSA) is 29.1 Å². The monoisotopic (exact) mass is 285 g/mol. The van der Waals surface area contributed by atoms with Crippen LogP contribution in [-0.4, -0.2) is 12.5 Å². The molecule has 5 heteroatoms. The van der Waals surface area contributed by atoms with Gasteiger partial charge in [0.05, 0.1) is 5.56 Å². The first-order valence-electron chi connectivity index (χ1n) is 6.74. The number of nitrogens with one attached hydrogen (secondary N) is 1. The number of carbonyl (C=O) groups is 1. The van der Waals surface area contributed by atoms with Crippen molar-refractivity contribution >= 4 is 5.91 Å². The van der Waals surface area contributed by atoms with Gasteiger partial charge in [0, 0.05) is 12.5 Å². The molecule has 1 amide bonds. The number of halogens is 3. The Morgan fingerprint density at radius 2 is 1.90 bits per heavy atom. The van der Waals surface area contributed by atoms with Crippen molar-refractivity contribution in [1.82, 2.24) is 5.32 Å². The van der Waals surface area contributed by atoms with Crippen LogP contribution in [0.4, 0.5) is 13.2 Å². The molecule has 1 aromatic rings. The molecule has 1 fully saturated rings. The van der Waals surface area contributed by atoms with Crippen molar-refractivity contribution in [3.05, 3.63) is 35.4 Å². The average molecular weight is 285 g/mol. The summed E-state index contributed by atoms with van der Waals surface area (Å²) in [4.78, 5) is 11.8. The van der Waals surface area contributed by atoms with Crippen LogP contribution in [-0.2, 0) is 11.0 Å². The van der Waals surface area contributed by atoms with E-state index >= 15 is 0 Å². The summed E-state index contributed by atoms with van der Waals surface area (Å²) >= 11 is 0. The van der Waals surface area contributed by atoms with E-state index in [2.05, 4.69) is 5.32 Å². The average Bonchev–Trinajstić information content (AvgIpc) is 3.15. The largest absolute Gasteiger partial charge is 0.416 e. The van der Waals surface area contributed by atoms with Crippen molar-refractivity contribution < 1.29 is 18.0 Å². The molecule has 0 heterocycles. The minimum Gasteiger partial charge on any atom is -0.356 e. The van der Waals surface area contributed by atoms with Gasteiger partial charge in [-0.25, -0.2) is 0 Å². The SMILES string of the molecule is CC(C)CNC(=O)C1CC1c1ccc(C(F)(F)F)cc1. The van der Waals surface area contributed by atoms with E-state index in [4.69, 9.17) is 0 Å². The lowest BCUT2D eigenvalue weighted by atomic mass is 10.1. The van der Waals surface area contributed by atoms with Crippen molar-refractivity contribution in [2.75, 3.05) is 6.54 Å². The Morgan fingerprint density at radius 1 is 1.30 bits per heavy atom. The molecule has 1 aliphatic rings. The van der Waals surface area contributed by atoms with Gasteiger partial charge in [-0.05, 0) is 36.0 Å². The Hall–Kier alpha value is -1.52. The van der Waals surface area contributed by atoms with Crippen LogP contribution in [0.5, 0.6) is 0 Å². The second-order valence-corrected chi connectivity index (χ2v) is 5.71. The van der Waals surface area contributed by atoms with Gasteiger partial charge < -0.3 is 5.32 Å². The van der Waals surface area contributed by atoms with Gasteiger partial charge in [0.1, 0.15) is 0 Å². The van der Waals surface area contributed by atoms with Crippen LogP contribution in [0.1, 0.15) is 37.3 Å². The Kier molecular flexibility index (Phi) is 4.06.